The molecule has 1 rings (SSSR count). The molecule has 0 radical (unpaired) electrons. The summed E-state index contributed by atoms with van der Waals surface area (Å²) < 4.78 is 0. The van der Waals surface area contributed by atoms with E-state index in [-0.39, 0.29) is 5.41 Å². The van der Waals surface area contributed by atoms with Crippen molar-refractivity contribution in [3.05, 3.63) is 0 Å². The zero-order valence-corrected chi connectivity index (χ0v) is 11.1. The number of hydrogen-bond acceptors (Lipinski definition) is 2. The van der Waals surface area contributed by atoms with Crippen molar-refractivity contribution >= 4 is 0 Å². The van der Waals surface area contributed by atoms with Crippen molar-refractivity contribution in [2.24, 2.45) is 5.41 Å². The minimum Gasteiger partial charge on any atom is -0.377 e. The van der Waals surface area contributed by atoms with E-state index in [9.17, 15) is 5.11 Å². The Kier molecular flexibility index (Phi) is 4.41. The van der Waals surface area contributed by atoms with Gasteiger partial charge in [0.25, 0.3) is 0 Å². The molecular formula is C14H25NO. The number of piperidine rings is 1. The van der Waals surface area contributed by atoms with Crippen molar-refractivity contribution in [3.63, 3.8) is 0 Å². The van der Waals surface area contributed by atoms with E-state index in [1.807, 2.05) is 20.8 Å². The van der Waals surface area contributed by atoms with Gasteiger partial charge in [-0.1, -0.05) is 39.0 Å². The second-order valence-electron chi connectivity index (χ2n) is 5.96. The van der Waals surface area contributed by atoms with Gasteiger partial charge >= 0.3 is 0 Å². The highest BCUT2D eigenvalue weighted by atomic mass is 16.3. The molecular weight excluding hydrogens is 198 g/mol. The molecule has 16 heavy (non-hydrogen) atoms. The number of aliphatic hydroxyl groups is 1. The Labute approximate surface area is 100 Å². The molecule has 1 aliphatic heterocycles. The van der Waals surface area contributed by atoms with Gasteiger partial charge in [-0.25, -0.2) is 0 Å². The molecule has 1 heterocycles. The highest BCUT2D eigenvalue weighted by Gasteiger charge is 2.33. The molecule has 1 N–H and O–H groups in total. The molecule has 0 aromatic carbocycles. The van der Waals surface area contributed by atoms with E-state index in [0.717, 1.165) is 19.6 Å². The van der Waals surface area contributed by atoms with Crippen LogP contribution in [-0.4, -0.2) is 35.2 Å². The standard InChI is InChI=1S/C14H25NO/c1-13(2,3)14(4,16)9-8-12-15-10-6-5-7-11-15/h16H,5-7,10-12H2,1-4H3. The van der Waals surface area contributed by atoms with E-state index in [0.29, 0.717) is 0 Å². The lowest BCUT2D eigenvalue weighted by molar-refractivity contribution is 0.0127. The minimum absolute atomic E-state index is 0.193. The Hall–Kier alpha value is -0.520. The zero-order valence-electron chi connectivity index (χ0n) is 11.1. The first-order valence-electron chi connectivity index (χ1n) is 6.28. The molecule has 0 spiro atoms. The third-order valence-electron chi connectivity index (χ3n) is 3.54. The van der Waals surface area contributed by atoms with Gasteiger partial charge in [-0.05, 0) is 32.9 Å². The lowest BCUT2D eigenvalue weighted by Gasteiger charge is -2.32. The van der Waals surface area contributed by atoms with E-state index < -0.39 is 5.60 Å². The summed E-state index contributed by atoms with van der Waals surface area (Å²) in [6.07, 6.45) is 3.93. The van der Waals surface area contributed by atoms with Crippen LogP contribution in [0, 0.1) is 17.3 Å². The SMILES string of the molecule is CC(C)(C)C(C)(O)C#CCN1CCCCC1. The first kappa shape index (κ1) is 13.5. The van der Waals surface area contributed by atoms with E-state index >= 15 is 0 Å². The van der Waals surface area contributed by atoms with E-state index in [4.69, 9.17) is 0 Å². The molecule has 1 unspecified atom stereocenters. The molecule has 0 amide bonds. The van der Waals surface area contributed by atoms with Crippen LogP contribution in [0.1, 0.15) is 47.0 Å². The summed E-state index contributed by atoms with van der Waals surface area (Å²) in [5, 5.41) is 10.2. The van der Waals surface area contributed by atoms with Crippen molar-refractivity contribution in [1.29, 1.82) is 0 Å². The maximum absolute atomic E-state index is 10.2. The van der Waals surface area contributed by atoms with Crippen LogP contribution in [0.25, 0.3) is 0 Å². The van der Waals surface area contributed by atoms with Crippen LogP contribution in [0.5, 0.6) is 0 Å². The van der Waals surface area contributed by atoms with Crippen molar-refractivity contribution < 1.29 is 5.11 Å². The van der Waals surface area contributed by atoms with Gasteiger partial charge in [0.05, 0.1) is 6.54 Å². The predicted molar refractivity (Wildman–Crippen MR) is 68.1 cm³/mol. The van der Waals surface area contributed by atoms with Crippen molar-refractivity contribution in [3.8, 4) is 11.8 Å². The molecule has 0 saturated carbocycles. The molecule has 0 aliphatic carbocycles. The third kappa shape index (κ3) is 3.81. The monoisotopic (exact) mass is 223 g/mol. The summed E-state index contributed by atoms with van der Waals surface area (Å²) in [6.45, 7) is 11.0. The number of hydrogen-bond donors (Lipinski definition) is 1. The van der Waals surface area contributed by atoms with Crippen molar-refractivity contribution in [2.45, 2.75) is 52.6 Å². The maximum atomic E-state index is 10.2. The van der Waals surface area contributed by atoms with E-state index in [1.165, 1.54) is 19.3 Å². The van der Waals surface area contributed by atoms with Crippen LogP contribution in [0.4, 0.5) is 0 Å². The summed E-state index contributed by atoms with van der Waals surface area (Å²) in [4.78, 5) is 2.37. The van der Waals surface area contributed by atoms with Crippen molar-refractivity contribution in [1.82, 2.24) is 4.90 Å². The van der Waals surface area contributed by atoms with Crippen LogP contribution in [0.3, 0.4) is 0 Å². The molecule has 0 aromatic heterocycles. The Morgan fingerprint density at radius 3 is 2.12 bits per heavy atom. The summed E-state index contributed by atoms with van der Waals surface area (Å²) in [5.41, 5.74) is -1.09. The number of rotatable bonds is 1. The molecule has 92 valence electrons. The smallest absolute Gasteiger partial charge is 0.127 e. The Morgan fingerprint density at radius 1 is 1.06 bits per heavy atom. The topological polar surface area (TPSA) is 23.5 Å². The van der Waals surface area contributed by atoms with Crippen LogP contribution >= 0.6 is 0 Å². The highest BCUT2D eigenvalue weighted by Crippen LogP contribution is 2.28. The fourth-order valence-corrected chi connectivity index (χ4v) is 1.63. The van der Waals surface area contributed by atoms with Gasteiger partial charge in [-0.15, -0.1) is 0 Å². The molecule has 1 saturated heterocycles. The average molecular weight is 223 g/mol. The van der Waals surface area contributed by atoms with Gasteiger partial charge in [-0.3, -0.25) is 4.90 Å². The van der Waals surface area contributed by atoms with Crippen LogP contribution in [0.15, 0.2) is 0 Å². The predicted octanol–water partition coefficient (Wildman–Crippen LogP) is 2.27. The second-order valence-corrected chi connectivity index (χ2v) is 5.96. The first-order valence-corrected chi connectivity index (χ1v) is 6.28. The molecule has 1 fully saturated rings. The fourth-order valence-electron chi connectivity index (χ4n) is 1.63. The molecule has 0 aromatic rings. The van der Waals surface area contributed by atoms with Gasteiger partial charge in [0, 0.05) is 5.41 Å². The average Bonchev–Trinajstić information content (AvgIpc) is 2.17. The van der Waals surface area contributed by atoms with Crippen LogP contribution < -0.4 is 0 Å². The molecule has 0 bridgehead atoms. The minimum atomic E-state index is -0.900. The maximum Gasteiger partial charge on any atom is 0.127 e. The highest BCUT2D eigenvalue weighted by molar-refractivity contribution is 5.17. The van der Waals surface area contributed by atoms with E-state index in [2.05, 4.69) is 16.7 Å². The molecule has 2 heteroatoms. The second kappa shape index (κ2) is 5.21. The molecule has 1 aliphatic rings. The quantitative estimate of drug-likeness (QED) is 0.689. The summed E-state index contributed by atoms with van der Waals surface area (Å²) in [6, 6.07) is 0. The van der Waals surface area contributed by atoms with Gasteiger partial charge in [0.15, 0.2) is 0 Å². The Morgan fingerprint density at radius 2 is 1.62 bits per heavy atom. The normalized spacial score (nSPS) is 22.1. The lowest BCUT2D eigenvalue weighted by Crippen LogP contribution is -2.38. The van der Waals surface area contributed by atoms with E-state index in [1.54, 1.807) is 6.92 Å². The Balaban J connectivity index is 2.47. The largest absolute Gasteiger partial charge is 0.377 e. The lowest BCUT2D eigenvalue weighted by atomic mass is 9.78. The number of nitrogens with zero attached hydrogens (tertiary/aromatic N) is 1. The number of likely N-dealkylation sites (tertiary alicyclic amines) is 1. The molecule has 2 nitrogen and oxygen atoms in total. The van der Waals surface area contributed by atoms with Crippen molar-refractivity contribution in [2.75, 3.05) is 19.6 Å². The summed E-state index contributed by atoms with van der Waals surface area (Å²) >= 11 is 0. The van der Waals surface area contributed by atoms with Crippen LogP contribution in [0.2, 0.25) is 0 Å². The molecule has 1 atom stereocenters. The third-order valence-corrected chi connectivity index (χ3v) is 3.54. The van der Waals surface area contributed by atoms with Gasteiger partial charge in [-0.2, -0.15) is 0 Å². The Bertz CT molecular complexity index is 271. The van der Waals surface area contributed by atoms with Crippen LogP contribution in [-0.2, 0) is 0 Å². The zero-order chi connectivity index (χ0) is 12.2. The summed E-state index contributed by atoms with van der Waals surface area (Å²) in [5.74, 6) is 6.14. The first-order chi connectivity index (χ1) is 7.33. The summed E-state index contributed by atoms with van der Waals surface area (Å²) in [7, 11) is 0. The van der Waals surface area contributed by atoms with Gasteiger partial charge < -0.3 is 5.11 Å². The van der Waals surface area contributed by atoms with Gasteiger partial charge in [0.2, 0.25) is 0 Å². The fraction of sp³-hybridized carbons (Fsp3) is 0.857. The van der Waals surface area contributed by atoms with Gasteiger partial charge in [0.1, 0.15) is 5.60 Å².